The number of hydrogen-bond donors (Lipinski definition) is 24. The van der Waals surface area contributed by atoms with Gasteiger partial charge >= 0.3 is 11.9 Å². The molecule has 9 heterocycles. The molecule has 24 N–H and O–H groups in total. The number of aliphatic carboxylic acids is 1. The van der Waals surface area contributed by atoms with Gasteiger partial charge in [-0.3, -0.25) is 4.79 Å². The molecule has 0 aromatic rings. The van der Waals surface area contributed by atoms with Gasteiger partial charge in [0.25, 0.3) is 0 Å². The van der Waals surface area contributed by atoms with Crippen molar-refractivity contribution in [3.05, 3.63) is 11.6 Å². The number of ether oxygens (including phenoxy) is 18. The molecule has 4 saturated carbocycles. The van der Waals surface area contributed by atoms with Crippen LogP contribution in [0.2, 0.25) is 0 Å². The molecule has 0 radical (unpaired) electrons. The van der Waals surface area contributed by atoms with E-state index < -0.39 is 359 Å². The minimum atomic E-state index is -2.33. The van der Waals surface area contributed by atoms with Crippen LogP contribution < -0.4 is 0 Å². The van der Waals surface area contributed by atoms with Crippen LogP contribution in [0.4, 0.5) is 0 Å². The fourth-order valence-corrected chi connectivity index (χ4v) is 23.1. The normalized spacial score (nSPS) is 55.4. The summed E-state index contributed by atoms with van der Waals surface area (Å²) in [6, 6.07) is 0. The van der Waals surface area contributed by atoms with Gasteiger partial charge in [-0.05, 0) is 125 Å². The number of esters is 1. The number of carbonyl (C=O) groups is 3. The lowest BCUT2D eigenvalue weighted by Gasteiger charge is -2.71. The zero-order valence-electron chi connectivity index (χ0n) is 71.9. The van der Waals surface area contributed by atoms with Crippen molar-refractivity contribution in [1.29, 1.82) is 0 Å². The Kier molecular flexibility index (Phi) is 29.6. The number of carboxylic acids is 1. The first-order valence-corrected chi connectivity index (χ1v) is 43.7. The van der Waals surface area contributed by atoms with Crippen LogP contribution in [0.1, 0.15) is 127 Å². The lowest BCUT2D eigenvalue weighted by atomic mass is 9.33. The lowest BCUT2D eigenvalue weighted by molar-refractivity contribution is -0.404. The predicted molar refractivity (Wildman–Crippen MR) is 411 cm³/mol. The number of carbonyl (C=O) groups excluding carboxylic acids is 2. The van der Waals surface area contributed by atoms with Crippen LogP contribution >= 0.6 is 0 Å². The smallest absolute Gasteiger partial charge is 0.335 e. The zero-order chi connectivity index (χ0) is 92.8. The maximum absolute atomic E-state index is 16.5. The second-order valence-electron chi connectivity index (χ2n) is 39.3. The number of aldehydes is 1. The summed E-state index contributed by atoms with van der Waals surface area (Å²) in [4.78, 5) is 44.2. The molecular weight excluding hydrogens is 1700 g/mol. The van der Waals surface area contributed by atoms with E-state index in [0.29, 0.717) is 32.1 Å². The third-order valence-corrected chi connectivity index (χ3v) is 31.1. The fourth-order valence-electron chi connectivity index (χ4n) is 23.1. The first-order chi connectivity index (χ1) is 59.5. The van der Waals surface area contributed by atoms with Gasteiger partial charge in [-0.1, -0.05) is 53.2 Å². The second kappa shape index (κ2) is 37.7. The van der Waals surface area contributed by atoms with E-state index >= 15 is 4.79 Å². The molecule has 0 aromatic heterocycles. The topological polar surface area (TPSA) is 703 Å². The van der Waals surface area contributed by atoms with Crippen molar-refractivity contribution in [1.82, 2.24) is 0 Å². The third-order valence-electron chi connectivity index (χ3n) is 31.1. The first-order valence-electron chi connectivity index (χ1n) is 43.7. The quantitative estimate of drug-likeness (QED) is 0.0195. The molecule has 45 heteroatoms. The average molecular weight is 1840 g/mol. The molecule has 0 bridgehead atoms. The molecule has 0 spiro atoms. The molecular formula is C82H130O45. The maximum Gasteiger partial charge on any atom is 0.335 e. The molecule has 14 rings (SSSR count). The summed E-state index contributed by atoms with van der Waals surface area (Å²) in [6.07, 6.45) is -76.5. The van der Waals surface area contributed by atoms with Crippen molar-refractivity contribution in [3.8, 4) is 0 Å². The first kappa shape index (κ1) is 99.7. The average Bonchev–Trinajstić information content (AvgIpc) is 0.764. The minimum absolute atomic E-state index is 0.0104. The summed E-state index contributed by atoms with van der Waals surface area (Å²) in [5.74, 6) is -4.56. The Morgan fingerprint density at radius 3 is 1.46 bits per heavy atom. The van der Waals surface area contributed by atoms with Gasteiger partial charge in [0.05, 0.1) is 75.1 Å². The van der Waals surface area contributed by atoms with Crippen molar-refractivity contribution in [2.75, 3.05) is 33.0 Å². The zero-order valence-corrected chi connectivity index (χ0v) is 71.9. The molecule has 9 aliphatic heterocycles. The third kappa shape index (κ3) is 17.4. The number of rotatable bonds is 23. The van der Waals surface area contributed by atoms with Crippen molar-refractivity contribution in [3.63, 3.8) is 0 Å². The Labute approximate surface area is 729 Å². The monoisotopic (exact) mass is 1830 g/mol. The molecule has 52 atom stereocenters. The molecule has 14 aliphatic rings. The number of aliphatic hydroxyl groups is 23. The molecule has 45 nitrogen and oxygen atoms in total. The molecule has 728 valence electrons. The van der Waals surface area contributed by atoms with Crippen LogP contribution in [0.5, 0.6) is 0 Å². The van der Waals surface area contributed by atoms with Crippen LogP contribution in [0.25, 0.3) is 0 Å². The van der Waals surface area contributed by atoms with Crippen LogP contribution in [0, 0.1) is 50.2 Å². The Morgan fingerprint density at radius 2 is 0.921 bits per heavy atom. The molecule has 0 unspecified atom stereocenters. The second-order valence-corrected chi connectivity index (χ2v) is 39.3. The van der Waals surface area contributed by atoms with Crippen LogP contribution in [-0.4, -0.2) is 444 Å². The molecule has 9 saturated heterocycles. The van der Waals surface area contributed by atoms with E-state index in [1.807, 2.05) is 20.8 Å². The fraction of sp³-hybridized carbons (Fsp3) is 0.939. The Bertz CT molecular complexity index is 3800. The van der Waals surface area contributed by atoms with Gasteiger partial charge in [0, 0.05) is 0 Å². The van der Waals surface area contributed by atoms with Crippen LogP contribution in [0.3, 0.4) is 0 Å². The lowest BCUT2D eigenvalue weighted by Crippen LogP contribution is -2.70. The standard InChI is InChI=1S/C82H130O45/c1-27-40(89)45(94)49(98)67(112-27)121-58-42(91)29(3)114-72(62(58)126-71-55(104)60(123-69-51(100)47(96)43(92)34(21-83)116-69)56(30(4)115-71)119-66-54(103)57(33(87)23-110-66)120-74-64(105)81(109,25-86)26-111-74)127-75(108)82-18-17-76(5,6)19-32(82)31-11-12-37-77(7)15-14-39(78(8,24-85)36(77)13-16-79(37,9)80(31,10)20-38(82)88)118-73-63(125-70-52(101)48(97)44(93)35(22-84)117-70)59(53(102)61(124-73)65(106)107)122-68-50(99)46(95)41(90)28(2)113-68/h11,24,27-30,32-64,66-74,83-84,86-105,109H,12-23,25-26H2,1-10H3,(H,106,107)/t27-,28-,29+,30-,32-,33+,34+,35+,36+,37+,38+,39-,40-,41-,42-,43+,44-,45+,46+,47-,48-,49+,50+,51+,52+,53-,54+,55+,56-,57-,58-,59-,60-,61-,62+,63+,64-,66-,67-,68-,69-,70-,71-,72-,73+,74-,77-,78-,79+,80+,81+,82+/m0/s1. The number of fused-ring (bicyclic) bond motifs is 7. The Balaban J connectivity index is 0.766. The van der Waals surface area contributed by atoms with Gasteiger partial charge in [0.15, 0.2) is 62.5 Å². The summed E-state index contributed by atoms with van der Waals surface area (Å²) in [7, 11) is 0. The van der Waals surface area contributed by atoms with Gasteiger partial charge in [-0.2, -0.15) is 0 Å². The number of allylic oxidation sites excluding steroid dienone is 2. The predicted octanol–water partition coefficient (Wildman–Crippen LogP) is -9.28. The van der Waals surface area contributed by atoms with Crippen molar-refractivity contribution in [2.24, 2.45) is 50.2 Å². The Hall–Kier alpha value is -3.25. The van der Waals surface area contributed by atoms with Crippen LogP contribution in [0.15, 0.2) is 11.6 Å². The summed E-state index contributed by atoms with van der Waals surface area (Å²) < 4.78 is 111. The molecule has 127 heavy (non-hydrogen) atoms. The number of hydrogen-bond acceptors (Lipinski definition) is 44. The van der Waals surface area contributed by atoms with Gasteiger partial charge in [-0.25, -0.2) is 4.79 Å². The highest BCUT2D eigenvalue weighted by molar-refractivity contribution is 5.80. The van der Waals surface area contributed by atoms with Gasteiger partial charge in [0.2, 0.25) is 6.29 Å². The maximum atomic E-state index is 16.5. The van der Waals surface area contributed by atoms with Gasteiger partial charge < -0.3 is 213 Å². The highest BCUT2D eigenvalue weighted by Gasteiger charge is 2.74. The molecule has 13 fully saturated rings. The molecule has 0 amide bonds. The van der Waals surface area contributed by atoms with E-state index in [9.17, 15) is 132 Å². The summed E-state index contributed by atoms with van der Waals surface area (Å²) in [5, 5.41) is 269. The van der Waals surface area contributed by atoms with Crippen molar-refractivity contribution >= 4 is 18.2 Å². The number of aliphatic hydroxyl groups excluding tert-OH is 22. The van der Waals surface area contributed by atoms with E-state index in [1.165, 1.54) is 27.7 Å². The van der Waals surface area contributed by atoms with Crippen LogP contribution in [-0.2, 0) is 99.6 Å². The molecule has 0 aromatic carbocycles. The summed E-state index contributed by atoms with van der Waals surface area (Å²) in [6.45, 7) is 13.1. The van der Waals surface area contributed by atoms with E-state index in [2.05, 4.69) is 19.9 Å². The summed E-state index contributed by atoms with van der Waals surface area (Å²) >= 11 is 0. The minimum Gasteiger partial charge on any atom is -0.479 e. The summed E-state index contributed by atoms with van der Waals surface area (Å²) in [5.41, 5.74) is -7.88. The highest BCUT2D eigenvalue weighted by atomic mass is 16.8. The van der Waals surface area contributed by atoms with E-state index in [0.717, 1.165) is 11.9 Å². The van der Waals surface area contributed by atoms with E-state index in [1.54, 1.807) is 6.92 Å². The van der Waals surface area contributed by atoms with E-state index in [4.69, 9.17) is 85.3 Å². The molecule has 5 aliphatic carbocycles. The van der Waals surface area contributed by atoms with Gasteiger partial charge in [-0.15, -0.1) is 0 Å². The van der Waals surface area contributed by atoms with Crippen molar-refractivity contribution < 1.29 is 222 Å². The Morgan fingerprint density at radius 1 is 0.449 bits per heavy atom. The number of carboxylic acid groups (broad SMARTS) is 1. The largest absolute Gasteiger partial charge is 0.479 e. The van der Waals surface area contributed by atoms with E-state index in [-0.39, 0.29) is 31.6 Å². The SMILES string of the molecule is C[C@@H]1O[C@@H](O[C@H]2[C@@H](O)[C@@H](C)O[C@@H](OC(=O)[C@]34CCC(C)(C)C[C@H]3C3=CC[C@@H]5[C@@]6(C)CC[C@H](O[C@@H]7O[C@H](C(=O)O)[C@@H](O)[C@H](O[C@@H]8O[C@@H](C)[C@H](O)[C@@H](O)[C@H]8O)[C@H]7O[C@@H]7O[C@H](CO)[C@H](O)[C@H](O)[C@H]7O)[C@@](C)(C=O)[C@@H]6CC[C@@]5(C)[C@]3(C)C[C@H]4O)[C@@H]2O[C@@H]2O[C@@H](C)[C@H](O[C@@H]3OC[C@@H](O)[C@H](O[C@@H]4OC[C@](O)(CO)[C@H]4O)[C@H]3O)[C@@H](O[C@@H]3O[C@H](CO)[C@@H](O)[C@H](O)[C@H]3O)[C@H]2O)[C@H](O)[C@H](O)[C@H]1O. The van der Waals surface area contributed by atoms with Crippen molar-refractivity contribution in [2.45, 2.75) is 397 Å². The van der Waals surface area contributed by atoms with Gasteiger partial charge in [0.1, 0.15) is 176 Å². The highest BCUT2D eigenvalue weighted by Crippen LogP contribution is 2.76.